The van der Waals surface area contributed by atoms with Crippen LogP contribution in [-0.2, 0) is 9.47 Å². The van der Waals surface area contributed by atoms with Crippen molar-refractivity contribution in [2.24, 2.45) is 5.92 Å². The number of anilines is 2. The highest BCUT2D eigenvalue weighted by Gasteiger charge is 2.27. The van der Waals surface area contributed by atoms with E-state index >= 15 is 0 Å². The monoisotopic (exact) mass is 527 g/mol. The summed E-state index contributed by atoms with van der Waals surface area (Å²) >= 11 is 0. The minimum absolute atomic E-state index is 0.315. The largest absolute Gasteiger partial charge is 0.379 e. The predicted octanol–water partition coefficient (Wildman–Crippen LogP) is 3.89. The quantitative estimate of drug-likeness (QED) is 0.496. The molecule has 1 saturated carbocycles. The number of morpholine rings is 2. The zero-order valence-corrected chi connectivity index (χ0v) is 21.6. The van der Waals surface area contributed by atoms with Gasteiger partial charge in [0, 0.05) is 44.8 Å². The number of alkyl halides is 2. The molecule has 0 atom stereocenters. The standard InChI is InChI=1S/C27H35F2N7O2/c28-25(29)26-31-21-3-1-2-4-22(21)36(26)24-17-23(35-11-15-38-16-12-35)32-27(33-24)30-18-19-5-7-20(8-6-19)34-9-13-37-14-10-34/h1-4,17,19-20,25H,5-16,18H2,(H,30,32,33)/t19-,20+. The smallest absolute Gasteiger partial charge is 0.296 e. The molecule has 1 N–H and O–H groups in total. The summed E-state index contributed by atoms with van der Waals surface area (Å²) in [6.45, 7) is 7.07. The number of benzene rings is 1. The van der Waals surface area contributed by atoms with Crippen LogP contribution < -0.4 is 10.2 Å². The van der Waals surface area contributed by atoms with Gasteiger partial charge in [0.05, 0.1) is 37.5 Å². The second-order valence-electron chi connectivity index (χ2n) is 10.3. The molecule has 11 heteroatoms. The van der Waals surface area contributed by atoms with Gasteiger partial charge in [-0.05, 0) is 43.7 Å². The van der Waals surface area contributed by atoms with E-state index in [1.54, 1.807) is 24.3 Å². The maximum absolute atomic E-state index is 14.1. The number of para-hydroxylation sites is 2. The topological polar surface area (TPSA) is 80.6 Å². The summed E-state index contributed by atoms with van der Waals surface area (Å²) in [5.41, 5.74) is 1.11. The number of nitrogens with zero attached hydrogens (tertiary/aromatic N) is 6. The van der Waals surface area contributed by atoms with Crippen molar-refractivity contribution in [1.82, 2.24) is 24.4 Å². The molecule has 0 amide bonds. The van der Waals surface area contributed by atoms with Crippen molar-refractivity contribution in [2.45, 2.75) is 38.2 Å². The molecule has 0 radical (unpaired) electrons. The van der Waals surface area contributed by atoms with Gasteiger partial charge < -0.3 is 19.7 Å². The van der Waals surface area contributed by atoms with Gasteiger partial charge in [-0.3, -0.25) is 9.47 Å². The van der Waals surface area contributed by atoms with E-state index in [4.69, 9.17) is 19.4 Å². The highest BCUT2D eigenvalue weighted by molar-refractivity contribution is 5.78. The SMILES string of the molecule is FC(F)c1nc2ccccc2n1-c1cc(N2CCOCC2)nc(NC[C@H]2CC[C@@H](N3CCOCC3)CC2)n1. The molecular weight excluding hydrogens is 492 g/mol. The summed E-state index contributed by atoms with van der Waals surface area (Å²) in [7, 11) is 0. The zero-order chi connectivity index (χ0) is 25.9. The number of ether oxygens (including phenoxy) is 2. The molecule has 4 heterocycles. The van der Waals surface area contributed by atoms with Crippen LogP contribution in [0.15, 0.2) is 30.3 Å². The summed E-state index contributed by atoms with van der Waals surface area (Å²) < 4.78 is 40.7. The summed E-state index contributed by atoms with van der Waals surface area (Å²) in [5.74, 6) is 1.76. The predicted molar refractivity (Wildman–Crippen MR) is 141 cm³/mol. The van der Waals surface area contributed by atoms with Gasteiger partial charge in [0.15, 0.2) is 5.82 Å². The molecule has 6 rings (SSSR count). The maximum Gasteiger partial charge on any atom is 0.296 e. The Bertz CT molecular complexity index is 1220. The number of imidazole rings is 1. The average Bonchev–Trinajstić information content (AvgIpc) is 3.37. The van der Waals surface area contributed by atoms with Crippen LogP contribution in [-0.4, -0.2) is 89.6 Å². The molecule has 38 heavy (non-hydrogen) atoms. The van der Waals surface area contributed by atoms with Crippen LogP contribution in [0.4, 0.5) is 20.5 Å². The van der Waals surface area contributed by atoms with Gasteiger partial charge in [-0.15, -0.1) is 0 Å². The number of nitrogens with one attached hydrogen (secondary N) is 1. The Labute approximate surface area is 221 Å². The number of rotatable bonds is 7. The molecule has 0 bridgehead atoms. The van der Waals surface area contributed by atoms with Gasteiger partial charge in [0.2, 0.25) is 5.95 Å². The Morgan fingerprint density at radius 3 is 2.29 bits per heavy atom. The van der Waals surface area contributed by atoms with Crippen LogP contribution in [0.2, 0.25) is 0 Å². The van der Waals surface area contributed by atoms with Gasteiger partial charge in [-0.25, -0.2) is 13.8 Å². The van der Waals surface area contributed by atoms with E-state index < -0.39 is 6.43 Å². The molecule has 1 aromatic carbocycles. The van der Waals surface area contributed by atoms with E-state index in [0.717, 1.165) is 45.7 Å². The van der Waals surface area contributed by atoms with Gasteiger partial charge in [0.1, 0.15) is 11.6 Å². The van der Waals surface area contributed by atoms with Crippen LogP contribution in [0, 0.1) is 5.92 Å². The Kier molecular flexibility index (Phi) is 7.66. The summed E-state index contributed by atoms with van der Waals surface area (Å²) in [5, 5.41) is 3.45. The third-order valence-corrected chi connectivity index (χ3v) is 7.97. The molecule has 3 fully saturated rings. The highest BCUT2D eigenvalue weighted by atomic mass is 19.3. The molecule has 2 aliphatic heterocycles. The highest BCUT2D eigenvalue weighted by Crippen LogP contribution is 2.31. The van der Waals surface area contributed by atoms with Crippen molar-refractivity contribution in [3.8, 4) is 5.82 Å². The molecule has 204 valence electrons. The lowest BCUT2D eigenvalue weighted by molar-refractivity contribution is 0.00539. The molecule has 2 aromatic heterocycles. The van der Waals surface area contributed by atoms with Crippen LogP contribution in [0.3, 0.4) is 0 Å². The van der Waals surface area contributed by atoms with Crippen molar-refractivity contribution in [2.75, 3.05) is 69.4 Å². The van der Waals surface area contributed by atoms with E-state index in [2.05, 4.69) is 20.1 Å². The first-order valence-corrected chi connectivity index (χ1v) is 13.7. The van der Waals surface area contributed by atoms with Gasteiger partial charge >= 0.3 is 0 Å². The fourth-order valence-corrected chi connectivity index (χ4v) is 5.89. The zero-order valence-electron chi connectivity index (χ0n) is 21.6. The van der Waals surface area contributed by atoms with Crippen molar-refractivity contribution < 1.29 is 18.3 Å². The first kappa shape index (κ1) is 25.4. The molecular formula is C27H35F2N7O2. The van der Waals surface area contributed by atoms with E-state index in [-0.39, 0.29) is 5.82 Å². The van der Waals surface area contributed by atoms with E-state index in [1.807, 2.05) is 6.07 Å². The first-order valence-electron chi connectivity index (χ1n) is 13.7. The average molecular weight is 528 g/mol. The third-order valence-electron chi connectivity index (χ3n) is 7.97. The van der Waals surface area contributed by atoms with Gasteiger partial charge in [0.25, 0.3) is 6.43 Å². The van der Waals surface area contributed by atoms with Crippen LogP contribution in [0.5, 0.6) is 0 Å². The van der Waals surface area contributed by atoms with Gasteiger partial charge in [-0.2, -0.15) is 9.97 Å². The van der Waals surface area contributed by atoms with E-state index in [1.165, 1.54) is 17.4 Å². The second kappa shape index (κ2) is 11.5. The minimum atomic E-state index is -2.73. The lowest BCUT2D eigenvalue weighted by atomic mass is 9.85. The van der Waals surface area contributed by atoms with Gasteiger partial charge in [-0.1, -0.05) is 12.1 Å². The van der Waals surface area contributed by atoms with Crippen LogP contribution in [0.1, 0.15) is 37.9 Å². The number of halogens is 2. The molecule has 9 nitrogen and oxygen atoms in total. The summed E-state index contributed by atoms with van der Waals surface area (Å²) in [6.07, 6.45) is 1.93. The lowest BCUT2D eigenvalue weighted by Gasteiger charge is -2.38. The molecule has 1 aliphatic carbocycles. The number of hydrogen-bond acceptors (Lipinski definition) is 8. The molecule has 0 unspecified atom stereocenters. The van der Waals surface area contributed by atoms with Crippen molar-refractivity contribution in [1.29, 1.82) is 0 Å². The van der Waals surface area contributed by atoms with Crippen molar-refractivity contribution >= 4 is 22.8 Å². The Morgan fingerprint density at radius 1 is 0.868 bits per heavy atom. The molecule has 2 saturated heterocycles. The Hall–Kier alpha value is -2.89. The van der Waals surface area contributed by atoms with Crippen molar-refractivity contribution in [3.05, 3.63) is 36.2 Å². The molecule has 0 spiro atoms. The second-order valence-corrected chi connectivity index (χ2v) is 10.3. The minimum Gasteiger partial charge on any atom is -0.379 e. The van der Waals surface area contributed by atoms with Crippen molar-refractivity contribution in [3.63, 3.8) is 0 Å². The Balaban J connectivity index is 1.24. The number of fused-ring (bicyclic) bond motifs is 1. The fraction of sp³-hybridized carbons (Fsp3) is 0.593. The molecule has 3 aliphatic rings. The lowest BCUT2D eigenvalue weighted by Crippen LogP contribution is -2.45. The number of aromatic nitrogens is 4. The first-order chi connectivity index (χ1) is 18.7. The van der Waals surface area contributed by atoms with E-state index in [9.17, 15) is 8.78 Å². The van der Waals surface area contributed by atoms with Crippen LogP contribution >= 0.6 is 0 Å². The summed E-state index contributed by atoms with van der Waals surface area (Å²) in [6, 6.07) is 9.59. The van der Waals surface area contributed by atoms with Crippen LogP contribution in [0.25, 0.3) is 16.9 Å². The Morgan fingerprint density at radius 2 is 1.55 bits per heavy atom. The normalized spacial score (nSPS) is 23.3. The maximum atomic E-state index is 14.1. The number of hydrogen-bond donors (Lipinski definition) is 1. The molecule has 3 aromatic rings. The fourth-order valence-electron chi connectivity index (χ4n) is 5.89. The van der Waals surface area contributed by atoms with E-state index in [0.29, 0.717) is 66.9 Å². The summed E-state index contributed by atoms with van der Waals surface area (Å²) in [4.78, 5) is 18.4. The third kappa shape index (κ3) is 5.45.